The highest BCUT2D eigenvalue weighted by atomic mass is 16.5. The number of methoxy groups -OCH3 is 1. The van der Waals surface area contributed by atoms with E-state index < -0.39 is 6.10 Å². The van der Waals surface area contributed by atoms with Crippen LogP contribution in [0.4, 0.5) is 5.69 Å². The number of carbonyl (C=O) groups is 1. The molecule has 3 rings (SSSR count). The molecule has 2 heterocycles. The van der Waals surface area contributed by atoms with Crippen LogP contribution < -0.4 is 10.1 Å². The Morgan fingerprint density at radius 3 is 2.69 bits per heavy atom. The number of likely N-dealkylation sites (tertiary alicyclic amines) is 1. The number of aliphatic hydroxyl groups is 1. The van der Waals surface area contributed by atoms with Crippen LogP contribution in [0.15, 0.2) is 48.7 Å². The normalized spacial score (nSPS) is 16.8. The molecule has 2 N–H and O–H groups in total. The predicted molar refractivity (Wildman–Crippen MR) is 100.0 cm³/mol. The Labute approximate surface area is 153 Å². The highest BCUT2D eigenvalue weighted by molar-refractivity contribution is 5.93. The lowest BCUT2D eigenvalue weighted by molar-refractivity contribution is -0.117. The number of aliphatic hydroxyl groups excluding tert-OH is 1. The molecule has 0 aliphatic carbocycles. The second-order valence-electron chi connectivity index (χ2n) is 6.56. The largest absolute Gasteiger partial charge is 0.495 e. The summed E-state index contributed by atoms with van der Waals surface area (Å²) in [6.45, 7) is 1.91. The highest BCUT2D eigenvalue weighted by Gasteiger charge is 2.27. The number of ether oxygens (including phenoxy) is 1. The second kappa shape index (κ2) is 8.78. The fourth-order valence-electron chi connectivity index (χ4n) is 3.36. The summed E-state index contributed by atoms with van der Waals surface area (Å²) in [6, 6.07) is 13.0. The van der Waals surface area contributed by atoms with E-state index in [0.717, 1.165) is 31.6 Å². The number of nitrogens with zero attached hydrogens (tertiary/aromatic N) is 2. The summed E-state index contributed by atoms with van der Waals surface area (Å²) >= 11 is 0. The summed E-state index contributed by atoms with van der Waals surface area (Å²) in [5.41, 5.74) is 1.40. The number of piperidine rings is 1. The van der Waals surface area contributed by atoms with Gasteiger partial charge in [0.2, 0.25) is 5.91 Å². The van der Waals surface area contributed by atoms with Gasteiger partial charge in [-0.15, -0.1) is 0 Å². The zero-order chi connectivity index (χ0) is 18.4. The molecular weight excluding hydrogens is 330 g/mol. The van der Waals surface area contributed by atoms with Gasteiger partial charge in [0.15, 0.2) is 0 Å². The minimum absolute atomic E-state index is 0.0572. The standard InChI is InChI=1S/C20H25N3O3/c1-26-18-8-3-2-6-16(18)22-19(24)14-23-12-9-15(10-13-23)20(25)17-7-4-5-11-21-17/h2-8,11,15,20,25H,9-10,12-14H2,1H3,(H,22,24). The van der Waals surface area contributed by atoms with Gasteiger partial charge in [-0.25, -0.2) is 0 Å². The summed E-state index contributed by atoms with van der Waals surface area (Å²) in [5.74, 6) is 0.773. The topological polar surface area (TPSA) is 74.7 Å². The van der Waals surface area contributed by atoms with Crippen LogP contribution in [0.3, 0.4) is 0 Å². The van der Waals surface area contributed by atoms with Gasteiger partial charge in [-0.1, -0.05) is 18.2 Å². The van der Waals surface area contributed by atoms with E-state index in [9.17, 15) is 9.90 Å². The van der Waals surface area contributed by atoms with E-state index in [-0.39, 0.29) is 11.8 Å². The zero-order valence-corrected chi connectivity index (χ0v) is 15.0. The molecule has 1 aliphatic rings. The quantitative estimate of drug-likeness (QED) is 0.833. The van der Waals surface area contributed by atoms with Crippen molar-refractivity contribution in [2.45, 2.75) is 18.9 Å². The summed E-state index contributed by atoms with van der Waals surface area (Å²) in [5, 5.41) is 13.4. The summed E-state index contributed by atoms with van der Waals surface area (Å²) < 4.78 is 5.26. The molecule has 0 bridgehead atoms. The number of aromatic nitrogens is 1. The van der Waals surface area contributed by atoms with E-state index in [2.05, 4.69) is 15.2 Å². The van der Waals surface area contributed by atoms with Gasteiger partial charge in [0.1, 0.15) is 5.75 Å². The molecule has 1 atom stereocenters. The van der Waals surface area contributed by atoms with Gasteiger partial charge in [0.25, 0.3) is 0 Å². The first kappa shape index (κ1) is 18.4. The molecule has 1 unspecified atom stereocenters. The monoisotopic (exact) mass is 355 g/mol. The summed E-state index contributed by atoms with van der Waals surface area (Å²) in [6.07, 6.45) is 2.86. The van der Waals surface area contributed by atoms with Gasteiger partial charge >= 0.3 is 0 Å². The smallest absolute Gasteiger partial charge is 0.238 e. The number of amides is 1. The average molecular weight is 355 g/mol. The molecule has 6 heteroatoms. The molecule has 138 valence electrons. The Balaban J connectivity index is 1.48. The third kappa shape index (κ3) is 4.59. The van der Waals surface area contributed by atoms with Crippen molar-refractivity contribution < 1.29 is 14.6 Å². The van der Waals surface area contributed by atoms with Gasteiger partial charge in [-0.2, -0.15) is 0 Å². The first-order valence-corrected chi connectivity index (χ1v) is 8.91. The first-order chi connectivity index (χ1) is 12.7. The van der Waals surface area contributed by atoms with Gasteiger partial charge in [-0.3, -0.25) is 14.7 Å². The van der Waals surface area contributed by atoms with Crippen molar-refractivity contribution in [3.63, 3.8) is 0 Å². The molecule has 1 aromatic carbocycles. The van der Waals surface area contributed by atoms with Crippen molar-refractivity contribution in [2.24, 2.45) is 5.92 Å². The van der Waals surface area contributed by atoms with Crippen molar-refractivity contribution in [1.82, 2.24) is 9.88 Å². The Kier molecular flexibility index (Phi) is 6.20. The van der Waals surface area contributed by atoms with Crippen LogP contribution in [0.1, 0.15) is 24.6 Å². The number of anilines is 1. The van der Waals surface area contributed by atoms with E-state index in [1.807, 2.05) is 42.5 Å². The average Bonchev–Trinajstić information content (AvgIpc) is 2.69. The molecule has 1 aliphatic heterocycles. The number of nitrogens with one attached hydrogen (secondary N) is 1. The van der Waals surface area contributed by atoms with Crippen LogP contribution in [0.5, 0.6) is 5.75 Å². The van der Waals surface area contributed by atoms with E-state index in [1.54, 1.807) is 13.3 Å². The number of carbonyl (C=O) groups excluding carboxylic acids is 1. The lowest BCUT2D eigenvalue weighted by Crippen LogP contribution is -2.40. The Morgan fingerprint density at radius 1 is 1.27 bits per heavy atom. The molecule has 2 aromatic rings. The number of pyridine rings is 1. The molecule has 6 nitrogen and oxygen atoms in total. The van der Waals surface area contributed by atoms with Gasteiger partial charge < -0.3 is 15.2 Å². The molecule has 1 fully saturated rings. The van der Waals surface area contributed by atoms with E-state index in [4.69, 9.17) is 4.74 Å². The van der Waals surface area contributed by atoms with E-state index in [0.29, 0.717) is 18.0 Å². The maximum absolute atomic E-state index is 12.3. The SMILES string of the molecule is COc1ccccc1NC(=O)CN1CCC(C(O)c2ccccn2)CC1. The minimum Gasteiger partial charge on any atom is -0.495 e. The van der Waals surface area contributed by atoms with Crippen LogP contribution in [-0.2, 0) is 4.79 Å². The van der Waals surface area contributed by atoms with E-state index >= 15 is 0 Å². The van der Waals surface area contributed by atoms with Gasteiger partial charge in [0.05, 0.1) is 31.1 Å². The second-order valence-corrected chi connectivity index (χ2v) is 6.56. The van der Waals surface area contributed by atoms with Crippen molar-refractivity contribution in [1.29, 1.82) is 0 Å². The number of hydrogen-bond acceptors (Lipinski definition) is 5. The number of rotatable bonds is 6. The third-order valence-corrected chi connectivity index (χ3v) is 4.82. The van der Waals surface area contributed by atoms with Crippen LogP contribution in [0.2, 0.25) is 0 Å². The van der Waals surface area contributed by atoms with Gasteiger partial charge in [-0.05, 0) is 56.1 Å². The Hall–Kier alpha value is -2.44. The van der Waals surface area contributed by atoms with Crippen LogP contribution >= 0.6 is 0 Å². The Bertz CT molecular complexity index is 715. The molecule has 26 heavy (non-hydrogen) atoms. The lowest BCUT2D eigenvalue weighted by Gasteiger charge is -2.33. The zero-order valence-electron chi connectivity index (χ0n) is 15.0. The van der Waals surface area contributed by atoms with Crippen LogP contribution in [0.25, 0.3) is 0 Å². The first-order valence-electron chi connectivity index (χ1n) is 8.91. The molecule has 1 amide bonds. The molecular formula is C20H25N3O3. The summed E-state index contributed by atoms with van der Waals surface area (Å²) in [7, 11) is 1.59. The fourth-order valence-corrected chi connectivity index (χ4v) is 3.36. The molecule has 1 saturated heterocycles. The van der Waals surface area contributed by atoms with Gasteiger partial charge in [0, 0.05) is 6.20 Å². The molecule has 0 spiro atoms. The molecule has 0 radical (unpaired) electrons. The van der Waals surface area contributed by atoms with Crippen molar-refractivity contribution >= 4 is 11.6 Å². The predicted octanol–water partition coefficient (Wildman–Crippen LogP) is 2.47. The highest BCUT2D eigenvalue weighted by Crippen LogP contribution is 2.29. The van der Waals surface area contributed by atoms with Crippen molar-refractivity contribution in [2.75, 3.05) is 32.1 Å². The van der Waals surface area contributed by atoms with Crippen LogP contribution in [0, 0.1) is 5.92 Å². The number of hydrogen-bond donors (Lipinski definition) is 2. The van der Waals surface area contributed by atoms with E-state index in [1.165, 1.54) is 0 Å². The summed E-state index contributed by atoms with van der Waals surface area (Å²) in [4.78, 5) is 18.7. The fraction of sp³-hybridized carbons (Fsp3) is 0.400. The van der Waals surface area contributed by atoms with Crippen molar-refractivity contribution in [3.8, 4) is 5.75 Å². The van der Waals surface area contributed by atoms with Crippen LogP contribution in [-0.4, -0.2) is 47.6 Å². The number of para-hydroxylation sites is 2. The maximum Gasteiger partial charge on any atom is 0.238 e. The maximum atomic E-state index is 12.3. The third-order valence-electron chi connectivity index (χ3n) is 4.82. The Morgan fingerprint density at radius 2 is 2.00 bits per heavy atom. The number of benzene rings is 1. The van der Waals surface area contributed by atoms with Crippen molar-refractivity contribution in [3.05, 3.63) is 54.4 Å². The minimum atomic E-state index is -0.541. The molecule has 1 aromatic heterocycles. The molecule has 0 saturated carbocycles. The lowest BCUT2D eigenvalue weighted by atomic mass is 9.89.